The third-order valence-corrected chi connectivity index (χ3v) is 4.49. The van der Waals surface area contributed by atoms with Gasteiger partial charge in [-0.1, -0.05) is 23.2 Å². The van der Waals surface area contributed by atoms with E-state index in [1.165, 1.54) is 43.3 Å². The molecule has 0 saturated heterocycles. The number of carbonyl (C=O) groups excluding carboxylic acids is 2. The van der Waals surface area contributed by atoms with Gasteiger partial charge in [0.25, 0.3) is 5.91 Å². The number of anilines is 2. The number of primary sulfonamides is 1. The minimum Gasteiger partial charge on any atom is -0.324 e. The highest BCUT2D eigenvalue weighted by atomic mass is 35.5. The Morgan fingerprint density at radius 3 is 2.16 bits per heavy atom. The fourth-order valence-corrected chi connectivity index (χ4v) is 3.04. The van der Waals surface area contributed by atoms with E-state index in [1.807, 2.05) is 0 Å². The minimum atomic E-state index is -3.83. The number of rotatable bonds is 4. The van der Waals surface area contributed by atoms with Gasteiger partial charge in [0.15, 0.2) is 0 Å². The molecule has 25 heavy (non-hydrogen) atoms. The zero-order valence-corrected chi connectivity index (χ0v) is 15.2. The molecule has 2 amide bonds. The van der Waals surface area contributed by atoms with Crippen LogP contribution in [0.5, 0.6) is 0 Å². The SMILES string of the molecule is CC(=O)Nc1c(Cl)cc(Cl)cc1C(=O)Nc1ccc(S(N)(=O)=O)cc1. The largest absolute Gasteiger partial charge is 0.324 e. The van der Waals surface area contributed by atoms with Crippen LogP contribution in [0.1, 0.15) is 17.3 Å². The van der Waals surface area contributed by atoms with Gasteiger partial charge in [0.1, 0.15) is 0 Å². The van der Waals surface area contributed by atoms with Gasteiger partial charge in [0.05, 0.1) is 21.2 Å². The second-order valence-corrected chi connectivity index (χ2v) is 7.42. The molecule has 0 fully saturated rings. The number of amides is 2. The van der Waals surface area contributed by atoms with Gasteiger partial charge in [0.2, 0.25) is 15.9 Å². The lowest BCUT2D eigenvalue weighted by Crippen LogP contribution is -2.17. The lowest BCUT2D eigenvalue weighted by Gasteiger charge is -2.13. The topological polar surface area (TPSA) is 118 Å². The van der Waals surface area contributed by atoms with Crippen molar-refractivity contribution in [1.29, 1.82) is 0 Å². The number of sulfonamides is 1. The molecular weight excluding hydrogens is 389 g/mol. The van der Waals surface area contributed by atoms with Crippen LogP contribution in [0.3, 0.4) is 0 Å². The number of nitrogens with one attached hydrogen (secondary N) is 2. The van der Waals surface area contributed by atoms with Gasteiger partial charge in [-0.3, -0.25) is 9.59 Å². The van der Waals surface area contributed by atoms with Crippen LogP contribution in [0.2, 0.25) is 10.0 Å². The number of hydrogen-bond donors (Lipinski definition) is 3. The van der Waals surface area contributed by atoms with Crippen molar-refractivity contribution in [3.63, 3.8) is 0 Å². The first-order chi connectivity index (χ1) is 11.6. The van der Waals surface area contributed by atoms with E-state index >= 15 is 0 Å². The summed E-state index contributed by atoms with van der Waals surface area (Å²) >= 11 is 12.0. The van der Waals surface area contributed by atoms with Crippen LogP contribution >= 0.6 is 23.2 Å². The van der Waals surface area contributed by atoms with Crippen molar-refractivity contribution in [2.45, 2.75) is 11.8 Å². The number of carbonyl (C=O) groups is 2. The van der Waals surface area contributed by atoms with Crippen LogP contribution in [0.4, 0.5) is 11.4 Å². The van der Waals surface area contributed by atoms with Crippen molar-refractivity contribution < 1.29 is 18.0 Å². The maximum Gasteiger partial charge on any atom is 0.257 e. The Labute approximate surface area is 154 Å². The maximum absolute atomic E-state index is 12.5. The lowest BCUT2D eigenvalue weighted by atomic mass is 10.1. The van der Waals surface area contributed by atoms with Crippen molar-refractivity contribution in [3.8, 4) is 0 Å². The molecule has 0 atom stereocenters. The quantitative estimate of drug-likeness (QED) is 0.729. The summed E-state index contributed by atoms with van der Waals surface area (Å²) in [5.41, 5.74) is 0.503. The summed E-state index contributed by atoms with van der Waals surface area (Å²) in [6, 6.07) is 8.01. The highest BCUT2D eigenvalue weighted by molar-refractivity contribution is 7.89. The first kappa shape index (κ1) is 19.2. The second-order valence-electron chi connectivity index (χ2n) is 5.01. The highest BCUT2D eigenvalue weighted by Gasteiger charge is 2.17. The molecule has 0 heterocycles. The van der Waals surface area contributed by atoms with Crippen molar-refractivity contribution in [2.24, 2.45) is 5.14 Å². The molecule has 0 radical (unpaired) electrons. The van der Waals surface area contributed by atoms with Crippen LogP contribution in [0, 0.1) is 0 Å². The Hall–Kier alpha value is -2.13. The number of halogens is 2. The Morgan fingerprint density at radius 2 is 1.64 bits per heavy atom. The van der Waals surface area contributed by atoms with E-state index in [1.54, 1.807) is 0 Å². The van der Waals surface area contributed by atoms with E-state index in [4.69, 9.17) is 28.3 Å². The predicted molar refractivity (Wildman–Crippen MR) is 96.5 cm³/mol. The number of hydrogen-bond acceptors (Lipinski definition) is 4. The normalized spacial score (nSPS) is 11.0. The van der Waals surface area contributed by atoms with Crippen molar-refractivity contribution >= 4 is 56.4 Å². The molecule has 4 N–H and O–H groups in total. The molecule has 0 aliphatic carbocycles. The van der Waals surface area contributed by atoms with Gasteiger partial charge >= 0.3 is 0 Å². The lowest BCUT2D eigenvalue weighted by molar-refractivity contribution is -0.114. The minimum absolute atomic E-state index is 0.0585. The maximum atomic E-state index is 12.5. The average molecular weight is 402 g/mol. The van der Waals surface area contributed by atoms with Crippen molar-refractivity contribution in [2.75, 3.05) is 10.6 Å². The monoisotopic (exact) mass is 401 g/mol. The molecule has 0 bridgehead atoms. The van der Waals surface area contributed by atoms with Gasteiger partial charge in [-0.15, -0.1) is 0 Å². The summed E-state index contributed by atoms with van der Waals surface area (Å²) in [5.74, 6) is -0.993. The molecule has 0 aromatic heterocycles. The van der Waals surface area contributed by atoms with Gasteiger partial charge in [0, 0.05) is 17.6 Å². The van der Waals surface area contributed by atoms with Gasteiger partial charge in [-0.25, -0.2) is 13.6 Å². The summed E-state index contributed by atoms with van der Waals surface area (Å²) < 4.78 is 22.5. The first-order valence-electron chi connectivity index (χ1n) is 6.79. The Kier molecular flexibility index (Phi) is 5.69. The molecule has 2 aromatic rings. The third kappa shape index (κ3) is 4.93. The van der Waals surface area contributed by atoms with Crippen LogP contribution in [0.25, 0.3) is 0 Å². The van der Waals surface area contributed by atoms with Crippen molar-refractivity contribution in [1.82, 2.24) is 0 Å². The smallest absolute Gasteiger partial charge is 0.257 e. The molecule has 0 unspecified atom stereocenters. The number of nitrogens with two attached hydrogens (primary N) is 1. The van der Waals surface area contributed by atoms with E-state index in [-0.39, 0.29) is 26.2 Å². The average Bonchev–Trinajstić information content (AvgIpc) is 2.49. The second kappa shape index (κ2) is 7.40. The predicted octanol–water partition coefficient (Wildman–Crippen LogP) is 2.85. The Balaban J connectivity index is 2.33. The van der Waals surface area contributed by atoms with Gasteiger partial charge < -0.3 is 10.6 Å². The van der Waals surface area contributed by atoms with E-state index in [9.17, 15) is 18.0 Å². The van der Waals surface area contributed by atoms with Crippen LogP contribution in [-0.2, 0) is 14.8 Å². The molecule has 0 aliphatic rings. The molecule has 132 valence electrons. The first-order valence-corrected chi connectivity index (χ1v) is 9.09. The molecule has 7 nitrogen and oxygen atoms in total. The standard InChI is InChI=1S/C15H13Cl2N3O4S/c1-8(21)19-14-12(6-9(16)7-13(14)17)15(22)20-10-2-4-11(5-3-10)25(18,23)24/h2-7H,1H3,(H,19,21)(H,20,22)(H2,18,23,24). The van der Waals surface area contributed by atoms with E-state index in [0.717, 1.165) is 0 Å². The third-order valence-electron chi connectivity index (χ3n) is 3.04. The molecule has 0 aliphatic heterocycles. The molecule has 2 rings (SSSR count). The van der Waals surface area contributed by atoms with Crippen LogP contribution in [-0.4, -0.2) is 20.2 Å². The molecule has 0 saturated carbocycles. The van der Waals surface area contributed by atoms with E-state index in [0.29, 0.717) is 5.69 Å². The van der Waals surface area contributed by atoms with Crippen molar-refractivity contribution in [3.05, 3.63) is 52.0 Å². The molecular formula is C15H13Cl2N3O4S. The van der Waals surface area contributed by atoms with Crippen LogP contribution < -0.4 is 15.8 Å². The Bertz CT molecular complexity index is 944. The Morgan fingerprint density at radius 1 is 1.04 bits per heavy atom. The molecule has 2 aromatic carbocycles. The molecule has 10 heteroatoms. The zero-order chi connectivity index (χ0) is 18.8. The summed E-state index contributed by atoms with van der Waals surface area (Å²) in [6.45, 7) is 1.28. The van der Waals surface area contributed by atoms with Crippen LogP contribution in [0.15, 0.2) is 41.3 Å². The summed E-state index contributed by atoms with van der Waals surface area (Å²) in [7, 11) is -3.83. The zero-order valence-electron chi connectivity index (χ0n) is 12.8. The van der Waals surface area contributed by atoms with E-state index in [2.05, 4.69) is 10.6 Å². The fraction of sp³-hybridized carbons (Fsp3) is 0.0667. The fourth-order valence-electron chi connectivity index (χ4n) is 1.98. The number of benzene rings is 2. The molecule has 0 spiro atoms. The van der Waals surface area contributed by atoms with Gasteiger partial charge in [-0.2, -0.15) is 0 Å². The highest BCUT2D eigenvalue weighted by Crippen LogP contribution is 2.31. The summed E-state index contributed by atoms with van der Waals surface area (Å²) in [6.07, 6.45) is 0. The summed E-state index contributed by atoms with van der Waals surface area (Å²) in [5, 5.41) is 10.4. The van der Waals surface area contributed by atoms with Gasteiger partial charge in [-0.05, 0) is 36.4 Å². The summed E-state index contributed by atoms with van der Waals surface area (Å²) in [4.78, 5) is 23.7. The van der Waals surface area contributed by atoms with E-state index < -0.39 is 21.8 Å².